The van der Waals surface area contributed by atoms with E-state index in [0.717, 1.165) is 26.7 Å². The quantitative estimate of drug-likeness (QED) is 0.275. The smallest absolute Gasteiger partial charge is 0.265 e. The Morgan fingerprint density at radius 3 is 2.36 bits per heavy atom. The van der Waals surface area contributed by atoms with Gasteiger partial charge in [0.2, 0.25) is 0 Å². The van der Waals surface area contributed by atoms with E-state index in [-0.39, 0.29) is 10.7 Å². The van der Waals surface area contributed by atoms with E-state index in [1.165, 1.54) is 20.9 Å². The zero-order valence-corrected chi connectivity index (χ0v) is 21.3. The highest BCUT2D eigenvalue weighted by Gasteiger charge is 2.35. The number of amides is 2. The standard InChI is InChI=1S/C25H24BrN3O3S/c1-15-5-7-19(11-16(15)2)32-10-9-29-14-17(20-13-18(26)6-8-22(20)29)12-21-23(30)27(3)25(33)28(4)24(21)31/h5-8,11-14H,9-10H2,1-4H3. The number of aryl methyl sites for hydroxylation is 2. The molecule has 1 saturated heterocycles. The first kappa shape index (κ1) is 23.2. The Labute approximate surface area is 206 Å². The summed E-state index contributed by atoms with van der Waals surface area (Å²) in [5.74, 6) is 0.0224. The van der Waals surface area contributed by atoms with E-state index in [1.807, 2.05) is 36.5 Å². The van der Waals surface area contributed by atoms with Crippen LogP contribution < -0.4 is 4.74 Å². The largest absolute Gasteiger partial charge is 0.492 e. The molecule has 1 aliphatic rings. The molecule has 4 rings (SSSR count). The van der Waals surface area contributed by atoms with Crippen molar-refractivity contribution in [3.05, 3.63) is 69.3 Å². The van der Waals surface area contributed by atoms with E-state index in [4.69, 9.17) is 17.0 Å². The van der Waals surface area contributed by atoms with E-state index in [9.17, 15) is 9.59 Å². The number of hydrogen-bond donors (Lipinski definition) is 0. The van der Waals surface area contributed by atoms with Gasteiger partial charge < -0.3 is 9.30 Å². The number of benzene rings is 2. The lowest BCUT2D eigenvalue weighted by Gasteiger charge is -2.31. The first-order chi connectivity index (χ1) is 15.7. The van der Waals surface area contributed by atoms with Crippen molar-refractivity contribution in [3.63, 3.8) is 0 Å². The number of rotatable bonds is 5. The number of nitrogens with zero attached hydrogens (tertiary/aromatic N) is 3. The summed E-state index contributed by atoms with van der Waals surface area (Å²) in [6, 6.07) is 12.0. The van der Waals surface area contributed by atoms with Gasteiger partial charge in [-0.3, -0.25) is 19.4 Å². The lowest BCUT2D eigenvalue weighted by Crippen LogP contribution is -2.52. The summed E-state index contributed by atoms with van der Waals surface area (Å²) in [5.41, 5.74) is 4.27. The molecule has 33 heavy (non-hydrogen) atoms. The number of fused-ring (bicyclic) bond motifs is 1. The molecule has 0 radical (unpaired) electrons. The fourth-order valence-electron chi connectivity index (χ4n) is 3.79. The van der Waals surface area contributed by atoms with Crippen LogP contribution in [0.3, 0.4) is 0 Å². The molecule has 1 aliphatic heterocycles. The maximum atomic E-state index is 12.8. The summed E-state index contributed by atoms with van der Waals surface area (Å²) in [6.07, 6.45) is 3.59. The molecule has 1 aromatic heterocycles. The molecular weight excluding hydrogens is 502 g/mol. The second-order valence-electron chi connectivity index (χ2n) is 8.10. The van der Waals surface area contributed by atoms with E-state index < -0.39 is 11.8 Å². The molecular formula is C25H24BrN3O3S. The number of carbonyl (C=O) groups is 2. The van der Waals surface area contributed by atoms with E-state index in [2.05, 4.69) is 40.4 Å². The van der Waals surface area contributed by atoms with Crippen molar-refractivity contribution in [3.8, 4) is 5.75 Å². The van der Waals surface area contributed by atoms with Crippen LogP contribution in [-0.4, -0.2) is 52.0 Å². The lowest BCUT2D eigenvalue weighted by molar-refractivity contribution is -0.132. The van der Waals surface area contributed by atoms with Gasteiger partial charge in [0.25, 0.3) is 11.8 Å². The highest BCUT2D eigenvalue weighted by Crippen LogP contribution is 2.28. The predicted molar refractivity (Wildman–Crippen MR) is 137 cm³/mol. The molecule has 3 aromatic rings. The van der Waals surface area contributed by atoms with Crippen molar-refractivity contribution in [2.45, 2.75) is 20.4 Å². The molecule has 2 heterocycles. The molecule has 0 spiro atoms. The second kappa shape index (κ2) is 9.11. The third kappa shape index (κ3) is 4.45. The zero-order valence-electron chi connectivity index (χ0n) is 18.9. The maximum Gasteiger partial charge on any atom is 0.265 e. The van der Waals surface area contributed by atoms with Crippen LogP contribution >= 0.6 is 28.1 Å². The monoisotopic (exact) mass is 525 g/mol. The Morgan fingerprint density at radius 1 is 1.00 bits per heavy atom. The summed E-state index contributed by atoms with van der Waals surface area (Å²) in [6.45, 7) is 5.23. The maximum absolute atomic E-state index is 12.8. The molecule has 170 valence electrons. The minimum atomic E-state index is -0.405. The minimum absolute atomic E-state index is 0.0824. The van der Waals surface area contributed by atoms with Crippen molar-refractivity contribution in [1.29, 1.82) is 0 Å². The summed E-state index contributed by atoms with van der Waals surface area (Å²) < 4.78 is 8.96. The van der Waals surface area contributed by atoms with E-state index >= 15 is 0 Å². The molecule has 0 aliphatic carbocycles. The molecule has 0 N–H and O–H groups in total. The molecule has 0 unspecified atom stereocenters. The van der Waals surface area contributed by atoms with E-state index in [1.54, 1.807) is 20.2 Å². The van der Waals surface area contributed by atoms with Crippen LogP contribution in [0.5, 0.6) is 5.75 Å². The summed E-state index contributed by atoms with van der Waals surface area (Å²) in [4.78, 5) is 28.2. The van der Waals surface area contributed by atoms with Crippen molar-refractivity contribution >= 4 is 62.1 Å². The van der Waals surface area contributed by atoms with Crippen LogP contribution in [0.1, 0.15) is 16.7 Å². The van der Waals surface area contributed by atoms with Gasteiger partial charge in [0.05, 0.1) is 6.54 Å². The predicted octanol–water partition coefficient (Wildman–Crippen LogP) is 4.70. The Hall–Kier alpha value is -2.97. The molecule has 1 fully saturated rings. The number of thiocarbonyl (C=S) groups is 1. The van der Waals surface area contributed by atoms with Crippen molar-refractivity contribution in [2.24, 2.45) is 0 Å². The SMILES string of the molecule is Cc1ccc(OCCn2cc(C=C3C(=O)N(C)C(=S)N(C)C3=O)c3cc(Br)ccc32)cc1C. The van der Waals surface area contributed by atoms with Gasteiger partial charge in [-0.05, 0) is 73.6 Å². The Morgan fingerprint density at radius 2 is 1.70 bits per heavy atom. The second-order valence-corrected chi connectivity index (χ2v) is 9.38. The summed E-state index contributed by atoms with van der Waals surface area (Å²) in [7, 11) is 3.15. The van der Waals surface area contributed by atoms with Gasteiger partial charge in [-0.1, -0.05) is 22.0 Å². The Balaban J connectivity index is 1.66. The van der Waals surface area contributed by atoms with Gasteiger partial charge in [-0.25, -0.2) is 0 Å². The van der Waals surface area contributed by atoms with Crippen LogP contribution in [-0.2, 0) is 16.1 Å². The average Bonchev–Trinajstić information content (AvgIpc) is 3.12. The third-order valence-electron chi connectivity index (χ3n) is 5.90. The van der Waals surface area contributed by atoms with Gasteiger partial charge in [0.1, 0.15) is 17.9 Å². The van der Waals surface area contributed by atoms with Crippen LogP contribution in [0, 0.1) is 13.8 Å². The van der Waals surface area contributed by atoms with Crippen molar-refractivity contribution in [1.82, 2.24) is 14.4 Å². The van der Waals surface area contributed by atoms with Gasteiger partial charge in [0.15, 0.2) is 5.11 Å². The zero-order chi connectivity index (χ0) is 23.9. The highest BCUT2D eigenvalue weighted by molar-refractivity contribution is 9.10. The number of halogens is 1. The first-order valence-corrected chi connectivity index (χ1v) is 11.7. The van der Waals surface area contributed by atoms with Crippen LogP contribution in [0.2, 0.25) is 0 Å². The summed E-state index contributed by atoms with van der Waals surface area (Å²) in [5, 5.41) is 1.12. The lowest BCUT2D eigenvalue weighted by atomic mass is 10.1. The van der Waals surface area contributed by atoms with Crippen LogP contribution in [0.4, 0.5) is 0 Å². The molecule has 0 bridgehead atoms. The highest BCUT2D eigenvalue weighted by atomic mass is 79.9. The first-order valence-electron chi connectivity index (χ1n) is 10.5. The third-order valence-corrected chi connectivity index (χ3v) is 6.94. The normalized spacial score (nSPS) is 14.5. The van der Waals surface area contributed by atoms with Crippen molar-refractivity contribution < 1.29 is 14.3 Å². The number of ether oxygens (including phenoxy) is 1. The number of carbonyl (C=O) groups excluding carboxylic acids is 2. The Kier molecular flexibility index (Phi) is 6.41. The minimum Gasteiger partial charge on any atom is -0.492 e. The van der Waals surface area contributed by atoms with Crippen LogP contribution in [0.15, 0.2) is 52.6 Å². The summed E-state index contributed by atoms with van der Waals surface area (Å²) >= 11 is 8.71. The topological polar surface area (TPSA) is 54.8 Å². The fourth-order valence-corrected chi connectivity index (χ4v) is 4.32. The van der Waals surface area contributed by atoms with Gasteiger partial charge >= 0.3 is 0 Å². The molecule has 0 atom stereocenters. The van der Waals surface area contributed by atoms with Gasteiger partial charge in [-0.15, -0.1) is 0 Å². The fraction of sp³-hybridized carbons (Fsp3) is 0.240. The van der Waals surface area contributed by atoms with E-state index in [0.29, 0.717) is 13.2 Å². The number of hydrogen-bond acceptors (Lipinski definition) is 4. The number of likely N-dealkylation sites (N-methyl/N-ethyl adjacent to an activating group) is 2. The van der Waals surface area contributed by atoms with Crippen molar-refractivity contribution in [2.75, 3.05) is 20.7 Å². The average molecular weight is 526 g/mol. The molecule has 0 saturated carbocycles. The molecule has 2 aromatic carbocycles. The molecule has 6 nitrogen and oxygen atoms in total. The van der Waals surface area contributed by atoms with Gasteiger partial charge in [-0.2, -0.15) is 0 Å². The van der Waals surface area contributed by atoms with Gasteiger partial charge in [0, 0.05) is 41.2 Å². The molecule has 2 amide bonds. The molecule has 8 heteroatoms. The van der Waals surface area contributed by atoms with Crippen LogP contribution in [0.25, 0.3) is 17.0 Å². The Bertz CT molecular complexity index is 1300. The number of aromatic nitrogens is 1.